The summed E-state index contributed by atoms with van der Waals surface area (Å²) in [6.45, 7) is 9.09. The lowest BCUT2D eigenvalue weighted by Gasteiger charge is -2.38. The number of hydrogen-bond acceptors (Lipinski definition) is 4. The quantitative estimate of drug-likeness (QED) is 0.890. The van der Waals surface area contributed by atoms with Gasteiger partial charge in [-0.05, 0) is 51.1 Å². The zero-order valence-electron chi connectivity index (χ0n) is 12.7. The van der Waals surface area contributed by atoms with Crippen LogP contribution in [0.5, 0.6) is 0 Å². The van der Waals surface area contributed by atoms with Crippen molar-refractivity contribution in [1.82, 2.24) is 10.2 Å². The van der Waals surface area contributed by atoms with Crippen molar-refractivity contribution in [1.29, 1.82) is 0 Å². The van der Waals surface area contributed by atoms with Gasteiger partial charge in [-0.15, -0.1) is 11.3 Å². The molecule has 0 bridgehead atoms. The van der Waals surface area contributed by atoms with Gasteiger partial charge in [0.2, 0.25) is 5.91 Å². The first kappa shape index (κ1) is 15.5. The van der Waals surface area contributed by atoms with Crippen LogP contribution in [0, 0.1) is 0 Å². The van der Waals surface area contributed by atoms with Gasteiger partial charge in [-0.1, -0.05) is 0 Å². The number of carbonyl (C=O) groups is 1. The van der Waals surface area contributed by atoms with Crippen molar-refractivity contribution >= 4 is 17.2 Å². The molecule has 20 heavy (non-hydrogen) atoms. The summed E-state index contributed by atoms with van der Waals surface area (Å²) in [5.41, 5.74) is -0.113. The molecule has 1 amide bonds. The predicted molar refractivity (Wildman–Crippen MR) is 81.8 cm³/mol. The fourth-order valence-corrected chi connectivity index (χ4v) is 2.98. The molecule has 5 heteroatoms. The van der Waals surface area contributed by atoms with E-state index in [0.29, 0.717) is 6.54 Å². The van der Waals surface area contributed by atoms with Crippen LogP contribution >= 0.6 is 11.3 Å². The molecule has 0 radical (unpaired) electrons. The van der Waals surface area contributed by atoms with Crippen LogP contribution in [0.1, 0.15) is 38.1 Å². The highest BCUT2D eigenvalue weighted by atomic mass is 32.1. The van der Waals surface area contributed by atoms with Gasteiger partial charge in [0.15, 0.2) is 0 Å². The number of amides is 1. The first-order valence-electron chi connectivity index (χ1n) is 7.01. The molecule has 2 N–H and O–H groups in total. The largest absolute Gasteiger partial charge is 0.389 e. The summed E-state index contributed by atoms with van der Waals surface area (Å²) in [6, 6.07) is 2.10. The highest BCUT2D eigenvalue weighted by Crippen LogP contribution is 2.24. The molecule has 2 heterocycles. The fourth-order valence-electron chi connectivity index (χ4n) is 2.09. The lowest BCUT2D eigenvalue weighted by molar-refractivity contribution is -0.132. The minimum Gasteiger partial charge on any atom is -0.389 e. The average molecular weight is 296 g/mol. The Morgan fingerprint density at radius 2 is 2.15 bits per heavy atom. The molecule has 2 rings (SSSR count). The van der Waals surface area contributed by atoms with E-state index >= 15 is 0 Å². The van der Waals surface area contributed by atoms with Gasteiger partial charge in [0.05, 0.1) is 12.1 Å². The average Bonchev–Trinajstić information content (AvgIpc) is 2.81. The Morgan fingerprint density at radius 3 is 2.80 bits per heavy atom. The minimum atomic E-state index is -0.879. The SMILES string of the molecule is CC(C)(O)C(C)(C)NCC(=O)N1CCc2sccc2C1. The first-order valence-corrected chi connectivity index (χ1v) is 7.89. The van der Waals surface area contributed by atoms with E-state index in [4.69, 9.17) is 0 Å². The van der Waals surface area contributed by atoms with Crippen LogP contribution in [0.4, 0.5) is 0 Å². The van der Waals surface area contributed by atoms with Gasteiger partial charge in [-0.2, -0.15) is 0 Å². The Bertz CT molecular complexity index is 488. The third-order valence-corrected chi connectivity index (χ3v) is 5.39. The summed E-state index contributed by atoms with van der Waals surface area (Å²) >= 11 is 1.77. The molecule has 1 aliphatic heterocycles. The van der Waals surface area contributed by atoms with Gasteiger partial charge in [-0.25, -0.2) is 0 Å². The number of nitrogens with one attached hydrogen (secondary N) is 1. The van der Waals surface area contributed by atoms with E-state index in [-0.39, 0.29) is 12.5 Å². The molecule has 0 atom stereocenters. The van der Waals surface area contributed by atoms with Crippen molar-refractivity contribution in [2.45, 2.75) is 51.8 Å². The summed E-state index contributed by atoms with van der Waals surface area (Å²) in [5.74, 6) is 0.0965. The highest BCUT2D eigenvalue weighted by molar-refractivity contribution is 7.10. The van der Waals surface area contributed by atoms with Crippen LogP contribution in [0.3, 0.4) is 0 Å². The summed E-state index contributed by atoms with van der Waals surface area (Å²) in [7, 11) is 0. The zero-order valence-corrected chi connectivity index (χ0v) is 13.5. The molecule has 1 aromatic heterocycles. The highest BCUT2D eigenvalue weighted by Gasteiger charge is 2.35. The Balaban J connectivity index is 1.91. The summed E-state index contributed by atoms with van der Waals surface area (Å²) in [5, 5.41) is 15.4. The molecular weight excluding hydrogens is 272 g/mol. The first-order chi connectivity index (χ1) is 9.21. The van der Waals surface area contributed by atoms with Crippen LogP contribution in [-0.2, 0) is 17.8 Å². The number of nitrogens with zero attached hydrogens (tertiary/aromatic N) is 1. The number of hydrogen-bond donors (Lipinski definition) is 2. The molecule has 0 saturated carbocycles. The summed E-state index contributed by atoms with van der Waals surface area (Å²) < 4.78 is 0. The normalized spacial score (nSPS) is 16.1. The Kier molecular flexibility index (Phi) is 4.23. The zero-order chi connectivity index (χ0) is 15.0. The Labute approximate surface area is 124 Å². The van der Waals surface area contributed by atoms with Crippen molar-refractivity contribution in [3.63, 3.8) is 0 Å². The van der Waals surface area contributed by atoms with Gasteiger partial charge >= 0.3 is 0 Å². The second-order valence-electron chi connectivity index (χ2n) is 6.47. The molecule has 0 spiro atoms. The van der Waals surface area contributed by atoms with Gasteiger partial charge in [0, 0.05) is 23.5 Å². The number of thiophene rings is 1. The second-order valence-corrected chi connectivity index (χ2v) is 7.47. The maximum Gasteiger partial charge on any atom is 0.236 e. The van der Waals surface area contributed by atoms with Crippen LogP contribution in [0.2, 0.25) is 0 Å². The van der Waals surface area contributed by atoms with Gasteiger partial charge < -0.3 is 15.3 Å². The number of aliphatic hydroxyl groups is 1. The molecule has 0 fully saturated rings. The lowest BCUT2D eigenvalue weighted by atomic mass is 9.86. The molecule has 0 aromatic carbocycles. The molecule has 1 aliphatic rings. The minimum absolute atomic E-state index is 0.0965. The van der Waals surface area contributed by atoms with E-state index in [1.54, 1.807) is 25.2 Å². The molecule has 0 aliphatic carbocycles. The maximum atomic E-state index is 12.3. The molecule has 112 valence electrons. The van der Waals surface area contributed by atoms with Crippen molar-refractivity contribution in [3.05, 3.63) is 21.9 Å². The molecule has 0 saturated heterocycles. The van der Waals surface area contributed by atoms with Crippen LogP contribution in [0.25, 0.3) is 0 Å². The van der Waals surface area contributed by atoms with Crippen LogP contribution in [-0.4, -0.2) is 40.1 Å². The summed E-state index contributed by atoms with van der Waals surface area (Å²) in [6.07, 6.45) is 0.952. The number of carbonyl (C=O) groups excluding carboxylic acids is 1. The Morgan fingerprint density at radius 1 is 1.45 bits per heavy atom. The van der Waals surface area contributed by atoms with E-state index in [1.165, 1.54) is 10.4 Å². The molecule has 0 unspecified atom stereocenters. The maximum absolute atomic E-state index is 12.3. The van der Waals surface area contributed by atoms with E-state index in [0.717, 1.165) is 13.0 Å². The summed E-state index contributed by atoms with van der Waals surface area (Å²) in [4.78, 5) is 15.6. The third kappa shape index (κ3) is 3.22. The Hall–Kier alpha value is -0.910. The number of fused-ring (bicyclic) bond motifs is 1. The second kappa shape index (κ2) is 5.47. The lowest BCUT2D eigenvalue weighted by Crippen LogP contribution is -2.58. The number of rotatable bonds is 4. The molecular formula is C15H24N2O2S. The van der Waals surface area contributed by atoms with E-state index in [2.05, 4.69) is 16.8 Å². The van der Waals surface area contributed by atoms with Crippen LogP contribution in [0.15, 0.2) is 11.4 Å². The fraction of sp³-hybridized carbons (Fsp3) is 0.667. The molecule has 4 nitrogen and oxygen atoms in total. The third-order valence-electron chi connectivity index (χ3n) is 4.37. The van der Waals surface area contributed by atoms with Crippen molar-refractivity contribution in [2.24, 2.45) is 0 Å². The van der Waals surface area contributed by atoms with Crippen molar-refractivity contribution < 1.29 is 9.90 Å². The smallest absolute Gasteiger partial charge is 0.236 e. The van der Waals surface area contributed by atoms with E-state index in [9.17, 15) is 9.90 Å². The van der Waals surface area contributed by atoms with Crippen molar-refractivity contribution in [2.75, 3.05) is 13.1 Å². The van der Waals surface area contributed by atoms with Gasteiger partial charge in [0.25, 0.3) is 0 Å². The molecule has 1 aromatic rings. The van der Waals surface area contributed by atoms with E-state index in [1.807, 2.05) is 18.7 Å². The van der Waals surface area contributed by atoms with Crippen molar-refractivity contribution in [3.8, 4) is 0 Å². The standard InChI is InChI=1S/C15H24N2O2S/c1-14(2,15(3,4)19)16-9-13(18)17-7-5-12-11(10-17)6-8-20-12/h6,8,16,19H,5,7,9-10H2,1-4H3. The van der Waals surface area contributed by atoms with Gasteiger partial charge in [0.1, 0.15) is 0 Å². The monoisotopic (exact) mass is 296 g/mol. The van der Waals surface area contributed by atoms with Crippen LogP contribution < -0.4 is 5.32 Å². The van der Waals surface area contributed by atoms with Gasteiger partial charge in [-0.3, -0.25) is 4.79 Å². The predicted octanol–water partition coefficient (Wildman–Crippen LogP) is 1.77. The topological polar surface area (TPSA) is 52.6 Å². The van der Waals surface area contributed by atoms with E-state index < -0.39 is 11.1 Å².